The fraction of sp³-hybridized carbons (Fsp3) is 0.653. The predicted octanol–water partition coefficient (Wildman–Crippen LogP) is 9.32. The molecule has 0 aliphatic carbocycles. The van der Waals surface area contributed by atoms with E-state index in [0.717, 1.165) is 11.1 Å². The molecule has 2 heterocycles. The van der Waals surface area contributed by atoms with Gasteiger partial charge < -0.3 is 43.1 Å². The first-order valence-corrected chi connectivity index (χ1v) is 22.8. The van der Waals surface area contributed by atoms with Crippen LogP contribution >= 0.6 is 11.6 Å². The number of rotatable bonds is 16. The molecule has 0 aromatic heterocycles. The van der Waals surface area contributed by atoms with Gasteiger partial charge in [-0.25, -0.2) is 9.59 Å². The SMILES string of the molecule is CC(C)(C)OC(=O)[C@@H](Cc1cccc(OCCN(CCOc2cccc(C[C@@H](C(=O)OC(C)(C)C)[C@@H]3CCN(C(=O)OC(C)(C)C)C3)c2)C(=O)Cl)c1)[C@H]1CCN(C(=O)OC(C)(C)C)C1. The second-order valence-electron chi connectivity index (χ2n) is 20.9. The molecule has 64 heavy (non-hydrogen) atoms. The zero-order valence-corrected chi connectivity index (χ0v) is 40.9. The van der Waals surface area contributed by atoms with Crippen LogP contribution in [0.4, 0.5) is 14.4 Å². The molecular formula is C49H72ClN3O11. The van der Waals surface area contributed by atoms with Gasteiger partial charge in [0.25, 0.3) is 0 Å². The van der Waals surface area contributed by atoms with E-state index < -0.39 is 51.8 Å². The van der Waals surface area contributed by atoms with Crippen LogP contribution in [0.3, 0.4) is 0 Å². The monoisotopic (exact) mass is 913 g/mol. The Morgan fingerprint density at radius 3 is 1.28 bits per heavy atom. The number of ether oxygens (including phenoxy) is 6. The smallest absolute Gasteiger partial charge is 0.410 e. The van der Waals surface area contributed by atoms with Crippen LogP contribution in [-0.4, -0.2) is 119 Å². The summed E-state index contributed by atoms with van der Waals surface area (Å²) in [7, 11) is 0. The largest absolute Gasteiger partial charge is 0.492 e. The minimum atomic E-state index is -0.678. The number of hydrogen-bond acceptors (Lipinski definition) is 11. The van der Waals surface area contributed by atoms with E-state index in [0.29, 0.717) is 63.4 Å². The highest BCUT2D eigenvalue weighted by Crippen LogP contribution is 2.33. The van der Waals surface area contributed by atoms with Crippen LogP contribution in [-0.2, 0) is 41.4 Å². The third-order valence-electron chi connectivity index (χ3n) is 10.5. The number of nitrogens with zero attached hydrogens (tertiary/aromatic N) is 3. The fourth-order valence-corrected chi connectivity index (χ4v) is 7.89. The first-order valence-electron chi connectivity index (χ1n) is 22.4. The van der Waals surface area contributed by atoms with Crippen LogP contribution in [0.25, 0.3) is 0 Å². The van der Waals surface area contributed by atoms with Gasteiger partial charge in [0, 0.05) is 26.2 Å². The van der Waals surface area contributed by atoms with E-state index in [1.807, 2.05) is 132 Å². The van der Waals surface area contributed by atoms with E-state index in [9.17, 15) is 24.0 Å². The summed E-state index contributed by atoms with van der Waals surface area (Å²) < 4.78 is 35.0. The van der Waals surface area contributed by atoms with E-state index in [1.165, 1.54) is 4.90 Å². The van der Waals surface area contributed by atoms with E-state index in [2.05, 4.69) is 0 Å². The third-order valence-corrected chi connectivity index (χ3v) is 10.8. The molecule has 3 amide bonds. The summed E-state index contributed by atoms with van der Waals surface area (Å²) in [4.78, 5) is 70.0. The second-order valence-corrected chi connectivity index (χ2v) is 21.2. The highest BCUT2D eigenvalue weighted by molar-refractivity contribution is 6.62. The number of hydrogen-bond donors (Lipinski definition) is 0. The van der Waals surface area contributed by atoms with Gasteiger partial charge in [-0.3, -0.25) is 14.4 Å². The Hall–Kier alpha value is -4.72. The summed E-state index contributed by atoms with van der Waals surface area (Å²) in [6, 6.07) is 14.9. The average Bonchev–Trinajstić information content (AvgIpc) is 3.84. The Labute approximate surface area is 385 Å². The molecule has 15 heteroatoms. The maximum Gasteiger partial charge on any atom is 0.410 e. The maximum absolute atomic E-state index is 13.6. The lowest BCUT2D eigenvalue weighted by Crippen LogP contribution is -2.38. The highest BCUT2D eigenvalue weighted by Gasteiger charge is 2.41. The Kier molecular flexibility index (Phi) is 17.8. The minimum Gasteiger partial charge on any atom is -0.492 e. The molecule has 2 aromatic carbocycles. The van der Waals surface area contributed by atoms with Crippen molar-refractivity contribution in [1.82, 2.24) is 14.7 Å². The molecule has 0 bridgehead atoms. The number of carbonyl (C=O) groups is 5. The lowest BCUT2D eigenvalue weighted by molar-refractivity contribution is -0.163. The van der Waals surface area contributed by atoms with Gasteiger partial charge in [0.05, 0.1) is 24.9 Å². The lowest BCUT2D eigenvalue weighted by atomic mass is 9.86. The molecule has 4 rings (SSSR count). The van der Waals surface area contributed by atoms with Crippen molar-refractivity contribution in [2.45, 2.75) is 131 Å². The summed E-state index contributed by atoms with van der Waals surface area (Å²) in [5.74, 6) is -0.738. The first-order chi connectivity index (χ1) is 29.6. The summed E-state index contributed by atoms with van der Waals surface area (Å²) in [5, 5.41) is -0.649. The van der Waals surface area contributed by atoms with Crippen molar-refractivity contribution in [3.05, 3.63) is 59.7 Å². The Bertz CT molecular complexity index is 1780. The van der Waals surface area contributed by atoms with Gasteiger partial charge in [0.15, 0.2) is 0 Å². The van der Waals surface area contributed by atoms with Crippen molar-refractivity contribution in [3.8, 4) is 11.5 Å². The standard InChI is InChI=1S/C49H72ClN3O11/c1-46(2,3)61-41(54)39(35-19-21-52(31-35)44(57)63-48(7,8)9)29-33-15-13-17-37(27-33)59-25-23-51(43(50)56)24-26-60-38-18-14-16-34(28-38)30-40(42(55)62-47(4,5)6)36-20-22-53(32-36)45(58)64-49(10,11)12/h13-18,27-28,35-36,39-40H,19-26,29-32H2,1-12H3/t35-,36+,39-,40+. The first kappa shape index (κ1) is 51.9. The number of esters is 2. The summed E-state index contributed by atoms with van der Waals surface area (Å²) >= 11 is 5.99. The van der Waals surface area contributed by atoms with Crippen molar-refractivity contribution < 1.29 is 52.4 Å². The molecule has 2 saturated heterocycles. The van der Waals surface area contributed by atoms with Gasteiger partial charge in [0.2, 0.25) is 0 Å². The zero-order valence-electron chi connectivity index (χ0n) is 40.1. The second kappa shape index (κ2) is 22.0. The van der Waals surface area contributed by atoms with Crippen LogP contribution in [0.2, 0.25) is 0 Å². The molecule has 2 fully saturated rings. The Morgan fingerprint density at radius 2 is 0.953 bits per heavy atom. The molecule has 2 aliphatic heterocycles. The van der Waals surface area contributed by atoms with Crippen LogP contribution in [0.15, 0.2) is 48.5 Å². The topological polar surface area (TPSA) is 150 Å². The Morgan fingerprint density at radius 1 is 0.594 bits per heavy atom. The van der Waals surface area contributed by atoms with Crippen LogP contribution in [0, 0.1) is 23.7 Å². The number of benzene rings is 2. The minimum absolute atomic E-state index is 0.121. The maximum atomic E-state index is 13.6. The van der Waals surface area contributed by atoms with Gasteiger partial charge in [-0.2, -0.15) is 0 Å². The molecule has 2 aliphatic rings. The van der Waals surface area contributed by atoms with Gasteiger partial charge in [-0.1, -0.05) is 24.3 Å². The fourth-order valence-electron chi connectivity index (χ4n) is 7.72. The highest BCUT2D eigenvalue weighted by atomic mass is 35.5. The summed E-state index contributed by atoms with van der Waals surface area (Å²) in [5.41, 5.74) is -0.869. The van der Waals surface area contributed by atoms with Gasteiger partial charge in [0.1, 0.15) is 47.1 Å². The van der Waals surface area contributed by atoms with Crippen molar-refractivity contribution in [2.75, 3.05) is 52.5 Å². The molecule has 0 spiro atoms. The van der Waals surface area contributed by atoms with Crippen molar-refractivity contribution >= 4 is 41.1 Å². The molecule has 0 N–H and O–H groups in total. The normalized spacial score (nSPS) is 17.9. The number of amides is 3. The molecule has 4 atom stereocenters. The molecule has 356 valence electrons. The number of halogens is 1. The van der Waals surface area contributed by atoms with Gasteiger partial charge in [-0.15, -0.1) is 0 Å². The van der Waals surface area contributed by atoms with E-state index in [4.69, 9.17) is 40.0 Å². The predicted molar refractivity (Wildman–Crippen MR) is 245 cm³/mol. The Balaban J connectivity index is 1.33. The molecule has 14 nitrogen and oxygen atoms in total. The average molecular weight is 915 g/mol. The number of likely N-dealkylation sites (tertiary alicyclic amines) is 2. The molecule has 2 aromatic rings. The molecule has 0 unspecified atom stereocenters. The molecule has 0 radical (unpaired) electrons. The van der Waals surface area contributed by atoms with Crippen molar-refractivity contribution in [2.24, 2.45) is 23.7 Å². The summed E-state index contributed by atoms with van der Waals surface area (Å²) in [6.45, 7) is 24.4. The van der Waals surface area contributed by atoms with E-state index in [1.54, 1.807) is 9.80 Å². The van der Waals surface area contributed by atoms with E-state index >= 15 is 0 Å². The summed E-state index contributed by atoms with van der Waals surface area (Å²) in [6.07, 6.45) is 1.27. The zero-order chi connectivity index (χ0) is 47.6. The van der Waals surface area contributed by atoms with Crippen LogP contribution in [0.1, 0.15) is 107 Å². The third kappa shape index (κ3) is 17.7. The number of carbonyl (C=O) groups excluding carboxylic acids is 5. The van der Waals surface area contributed by atoms with Crippen LogP contribution in [0.5, 0.6) is 11.5 Å². The van der Waals surface area contributed by atoms with Gasteiger partial charge >= 0.3 is 29.5 Å². The van der Waals surface area contributed by atoms with E-state index in [-0.39, 0.29) is 50.1 Å². The van der Waals surface area contributed by atoms with Crippen molar-refractivity contribution in [1.29, 1.82) is 0 Å². The lowest BCUT2D eigenvalue weighted by Gasteiger charge is -2.28. The van der Waals surface area contributed by atoms with Gasteiger partial charge in [-0.05, 0) is 168 Å². The van der Waals surface area contributed by atoms with Crippen LogP contribution < -0.4 is 9.47 Å². The molecular weight excluding hydrogens is 842 g/mol. The van der Waals surface area contributed by atoms with Crippen molar-refractivity contribution in [3.63, 3.8) is 0 Å². The molecule has 0 saturated carbocycles. The quantitative estimate of drug-likeness (QED) is 0.0686.